The van der Waals surface area contributed by atoms with Gasteiger partial charge in [-0.1, -0.05) is 5.16 Å². The van der Waals surface area contributed by atoms with E-state index in [1.807, 2.05) is 0 Å². The van der Waals surface area contributed by atoms with Crippen molar-refractivity contribution in [3.63, 3.8) is 0 Å². The zero-order chi connectivity index (χ0) is 12.7. The van der Waals surface area contributed by atoms with E-state index in [4.69, 9.17) is 19.7 Å². The summed E-state index contributed by atoms with van der Waals surface area (Å²) in [5, 5.41) is 22.7. The molecule has 92 valence electrons. The van der Waals surface area contributed by atoms with Gasteiger partial charge in [0.15, 0.2) is 11.5 Å². The Morgan fingerprint density at radius 1 is 1.28 bits per heavy atom. The molecule has 0 amide bonds. The van der Waals surface area contributed by atoms with Crippen molar-refractivity contribution in [2.24, 2.45) is 0 Å². The number of hydrogen-bond acceptors (Lipinski definition) is 7. The second-order valence-corrected chi connectivity index (χ2v) is 3.75. The summed E-state index contributed by atoms with van der Waals surface area (Å²) in [6, 6.07) is 4.79. The fourth-order valence-corrected chi connectivity index (χ4v) is 1.89. The van der Waals surface area contributed by atoms with E-state index in [-0.39, 0.29) is 18.1 Å². The van der Waals surface area contributed by atoms with E-state index < -0.39 is 7.12 Å². The maximum atomic E-state index is 9.47. The zero-order valence-corrected chi connectivity index (χ0v) is 9.16. The Morgan fingerprint density at radius 2 is 2.11 bits per heavy atom. The van der Waals surface area contributed by atoms with Crippen LogP contribution in [0.5, 0.6) is 11.5 Å². The summed E-state index contributed by atoms with van der Waals surface area (Å²) >= 11 is 0. The van der Waals surface area contributed by atoms with Gasteiger partial charge in [0.2, 0.25) is 12.7 Å². The molecule has 0 atom stereocenters. The Morgan fingerprint density at radius 3 is 2.78 bits per heavy atom. The molecule has 2 aromatic rings. The molecule has 0 bridgehead atoms. The van der Waals surface area contributed by atoms with E-state index in [9.17, 15) is 10.0 Å². The lowest BCUT2D eigenvalue weighted by Crippen LogP contribution is -2.32. The second-order valence-electron chi connectivity index (χ2n) is 3.75. The maximum Gasteiger partial charge on any atom is 0.493 e. The highest BCUT2D eigenvalue weighted by Gasteiger charge is 2.29. The molecule has 0 radical (unpaired) electrons. The van der Waals surface area contributed by atoms with Gasteiger partial charge in [0, 0.05) is 17.1 Å². The summed E-state index contributed by atoms with van der Waals surface area (Å²) in [7, 11) is -1.71. The number of rotatable bonds is 2. The molecule has 0 spiro atoms. The Bertz CT molecular complexity index is 598. The third-order valence-electron chi connectivity index (χ3n) is 2.64. The number of ether oxygens (including phenoxy) is 2. The van der Waals surface area contributed by atoms with Crippen LogP contribution in [0.2, 0.25) is 0 Å². The van der Waals surface area contributed by atoms with Crippen molar-refractivity contribution in [2.45, 2.75) is 0 Å². The molecule has 1 aliphatic heterocycles. The van der Waals surface area contributed by atoms with Crippen molar-refractivity contribution < 1.29 is 24.0 Å². The van der Waals surface area contributed by atoms with E-state index in [2.05, 4.69) is 5.16 Å². The van der Waals surface area contributed by atoms with Crippen molar-refractivity contribution in [3.8, 4) is 22.8 Å². The SMILES string of the molecule is Nc1cc(-c2ccc3c(c2B(O)O)OCO3)no1. The number of nitrogen functional groups attached to an aromatic ring is 1. The summed E-state index contributed by atoms with van der Waals surface area (Å²) in [5.41, 5.74) is 6.49. The zero-order valence-electron chi connectivity index (χ0n) is 9.16. The van der Waals surface area contributed by atoms with Crippen molar-refractivity contribution >= 4 is 18.5 Å². The van der Waals surface area contributed by atoms with Gasteiger partial charge in [0.25, 0.3) is 0 Å². The van der Waals surface area contributed by atoms with E-state index in [0.29, 0.717) is 22.8 Å². The Balaban J connectivity index is 2.21. The van der Waals surface area contributed by atoms with E-state index in [0.717, 1.165) is 0 Å². The predicted octanol–water partition coefficient (Wildman–Crippen LogP) is -0.668. The first-order valence-electron chi connectivity index (χ1n) is 5.18. The maximum absolute atomic E-state index is 9.47. The summed E-state index contributed by atoms with van der Waals surface area (Å²) in [6.07, 6.45) is 0. The molecule has 8 heteroatoms. The topological polar surface area (TPSA) is 111 Å². The predicted molar refractivity (Wildman–Crippen MR) is 62.3 cm³/mol. The van der Waals surface area contributed by atoms with Crippen LogP contribution in [0.3, 0.4) is 0 Å². The number of aromatic nitrogens is 1. The summed E-state index contributed by atoms with van der Waals surface area (Å²) in [5.74, 6) is 0.892. The van der Waals surface area contributed by atoms with Crippen molar-refractivity contribution in [2.75, 3.05) is 12.5 Å². The molecular weight excluding hydrogens is 239 g/mol. The normalized spacial score (nSPS) is 12.8. The average molecular weight is 248 g/mol. The van der Waals surface area contributed by atoms with Gasteiger partial charge in [-0.15, -0.1) is 0 Å². The first kappa shape index (κ1) is 10.9. The van der Waals surface area contributed by atoms with Gasteiger partial charge in [-0.25, -0.2) is 0 Å². The highest BCUT2D eigenvalue weighted by atomic mass is 16.7. The number of nitrogens with zero attached hydrogens (tertiary/aromatic N) is 1. The number of fused-ring (bicyclic) bond motifs is 1. The van der Waals surface area contributed by atoms with Crippen molar-refractivity contribution in [1.29, 1.82) is 0 Å². The Hall–Kier alpha value is -2.19. The van der Waals surface area contributed by atoms with Gasteiger partial charge >= 0.3 is 7.12 Å². The highest BCUT2D eigenvalue weighted by molar-refractivity contribution is 6.61. The van der Waals surface area contributed by atoms with Crippen LogP contribution in [0.15, 0.2) is 22.7 Å². The van der Waals surface area contributed by atoms with E-state index >= 15 is 0 Å². The summed E-state index contributed by atoms with van der Waals surface area (Å²) in [6.45, 7) is 0.0411. The first-order valence-corrected chi connectivity index (χ1v) is 5.18. The molecule has 1 aromatic carbocycles. The number of hydrogen-bond donors (Lipinski definition) is 3. The van der Waals surface area contributed by atoms with Crippen LogP contribution in [0.25, 0.3) is 11.3 Å². The molecular formula is C10H9BN2O5. The number of anilines is 1. The lowest BCUT2D eigenvalue weighted by molar-refractivity contribution is 0.174. The van der Waals surface area contributed by atoms with Crippen LogP contribution >= 0.6 is 0 Å². The molecule has 1 aromatic heterocycles. The summed E-state index contributed by atoms with van der Waals surface area (Å²) < 4.78 is 15.2. The van der Waals surface area contributed by atoms with Crippen LogP contribution in [-0.4, -0.2) is 29.1 Å². The average Bonchev–Trinajstić information content (AvgIpc) is 2.95. The lowest BCUT2D eigenvalue weighted by Gasteiger charge is -2.09. The quantitative estimate of drug-likeness (QED) is 0.604. The Labute approximate surface area is 102 Å². The minimum absolute atomic E-state index is 0.0411. The first-order chi connectivity index (χ1) is 8.66. The smallest absolute Gasteiger partial charge is 0.454 e. The fourth-order valence-electron chi connectivity index (χ4n) is 1.89. The Kier molecular flexibility index (Phi) is 2.39. The molecule has 3 rings (SSSR count). The molecule has 4 N–H and O–H groups in total. The van der Waals surface area contributed by atoms with Crippen LogP contribution in [-0.2, 0) is 0 Å². The number of benzene rings is 1. The third kappa shape index (κ3) is 1.59. The monoisotopic (exact) mass is 248 g/mol. The van der Waals surface area contributed by atoms with Gasteiger partial charge < -0.3 is 29.8 Å². The molecule has 0 aliphatic carbocycles. The molecule has 1 aliphatic rings. The standard InChI is InChI=1S/C10H9BN2O5/c12-8-3-6(13-18-8)5-1-2-7-10(17-4-16-7)9(5)11(14)15/h1-3,14-15H,4,12H2. The van der Waals surface area contributed by atoms with Gasteiger partial charge in [0.05, 0.1) is 0 Å². The van der Waals surface area contributed by atoms with E-state index in [1.54, 1.807) is 12.1 Å². The lowest BCUT2D eigenvalue weighted by atomic mass is 9.75. The molecule has 0 saturated heterocycles. The number of nitrogens with two attached hydrogens (primary N) is 1. The second kappa shape index (κ2) is 3.93. The van der Waals surface area contributed by atoms with Crippen LogP contribution < -0.4 is 20.7 Å². The molecule has 0 saturated carbocycles. The van der Waals surface area contributed by atoms with Crippen LogP contribution in [0.1, 0.15) is 0 Å². The minimum Gasteiger partial charge on any atom is -0.454 e. The van der Waals surface area contributed by atoms with Gasteiger partial charge in [-0.05, 0) is 12.1 Å². The summed E-state index contributed by atoms with van der Waals surface area (Å²) in [4.78, 5) is 0. The molecule has 2 heterocycles. The molecule has 18 heavy (non-hydrogen) atoms. The van der Waals surface area contributed by atoms with Gasteiger partial charge in [-0.3, -0.25) is 0 Å². The van der Waals surface area contributed by atoms with Crippen LogP contribution in [0, 0.1) is 0 Å². The van der Waals surface area contributed by atoms with E-state index in [1.165, 1.54) is 6.07 Å². The fraction of sp³-hybridized carbons (Fsp3) is 0.100. The minimum atomic E-state index is -1.71. The van der Waals surface area contributed by atoms with Crippen molar-refractivity contribution in [3.05, 3.63) is 18.2 Å². The van der Waals surface area contributed by atoms with Crippen molar-refractivity contribution in [1.82, 2.24) is 5.16 Å². The van der Waals surface area contributed by atoms with Crippen LogP contribution in [0.4, 0.5) is 5.88 Å². The molecule has 7 nitrogen and oxygen atoms in total. The van der Waals surface area contributed by atoms with Gasteiger partial charge in [0.1, 0.15) is 5.69 Å². The van der Waals surface area contributed by atoms with Gasteiger partial charge in [-0.2, -0.15) is 0 Å². The largest absolute Gasteiger partial charge is 0.493 e. The third-order valence-corrected chi connectivity index (χ3v) is 2.64. The highest BCUT2D eigenvalue weighted by Crippen LogP contribution is 2.34. The molecule has 0 unspecified atom stereocenters. The molecule has 0 fully saturated rings.